The topological polar surface area (TPSA) is 19.9 Å². The molecule has 2 aromatic carbocycles. The van der Waals surface area contributed by atoms with Crippen molar-refractivity contribution in [3.8, 4) is 16.9 Å². The molecule has 0 fully saturated rings. The molecular formula is C13H11O. The molecule has 1 heteroatoms. The van der Waals surface area contributed by atoms with Gasteiger partial charge < -0.3 is 0 Å². The SMILES string of the molecule is Cc1ccc(-c2ccccc2[O])cc1. The molecule has 1 radical (unpaired) electrons. The van der Waals surface area contributed by atoms with Crippen LogP contribution in [0.25, 0.3) is 11.1 Å². The first kappa shape index (κ1) is 8.82. The number of aryl methyl sites for hydroxylation is 1. The Labute approximate surface area is 83.6 Å². The van der Waals surface area contributed by atoms with Crippen molar-refractivity contribution in [2.45, 2.75) is 6.92 Å². The lowest BCUT2D eigenvalue weighted by atomic mass is 10.0. The average molecular weight is 183 g/mol. The second-order valence-electron chi connectivity index (χ2n) is 3.36. The third-order valence-electron chi connectivity index (χ3n) is 2.25. The van der Waals surface area contributed by atoms with Crippen molar-refractivity contribution >= 4 is 0 Å². The molecule has 0 N–H and O–H groups in total. The van der Waals surface area contributed by atoms with Gasteiger partial charge >= 0.3 is 0 Å². The van der Waals surface area contributed by atoms with Crippen molar-refractivity contribution in [2.75, 3.05) is 0 Å². The molecule has 0 atom stereocenters. The second kappa shape index (κ2) is 3.54. The minimum atomic E-state index is 0.0800. The Morgan fingerprint density at radius 3 is 2.14 bits per heavy atom. The first-order valence-corrected chi connectivity index (χ1v) is 4.60. The molecule has 0 aliphatic heterocycles. The van der Waals surface area contributed by atoms with Crippen LogP contribution in [0.5, 0.6) is 5.75 Å². The second-order valence-corrected chi connectivity index (χ2v) is 3.36. The van der Waals surface area contributed by atoms with E-state index in [1.807, 2.05) is 43.3 Å². The van der Waals surface area contributed by atoms with Crippen molar-refractivity contribution < 1.29 is 5.11 Å². The summed E-state index contributed by atoms with van der Waals surface area (Å²) in [5.41, 5.74) is 2.96. The first-order valence-electron chi connectivity index (χ1n) is 4.60. The lowest BCUT2D eigenvalue weighted by molar-refractivity contribution is 0.356. The van der Waals surface area contributed by atoms with Crippen LogP contribution in [-0.2, 0) is 5.11 Å². The first-order chi connectivity index (χ1) is 6.77. The summed E-state index contributed by atoms with van der Waals surface area (Å²) >= 11 is 0. The van der Waals surface area contributed by atoms with E-state index in [1.54, 1.807) is 12.1 Å². The van der Waals surface area contributed by atoms with E-state index in [1.165, 1.54) is 5.56 Å². The predicted molar refractivity (Wildman–Crippen MR) is 56.7 cm³/mol. The number of benzene rings is 2. The minimum Gasteiger partial charge on any atom is -0.289 e. The largest absolute Gasteiger partial charge is 0.289 e. The zero-order chi connectivity index (χ0) is 9.97. The molecule has 0 spiro atoms. The standard InChI is InChI=1S/C13H11O/c1-10-6-8-11(9-7-10)12-4-2-3-5-13(12)14/h2-9H,1H3. The van der Waals surface area contributed by atoms with E-state index >= 15 is 0 Å². The van der Waals surface area contributed by atoms with Gasteiger partial charge in [0.05, 0.1) is 0 Å². The van der Waals surface area contributed by atoms with E-state index in [9.17, 15) is 5.11 Å². The number of rotatable bonds is 1. The Morgan fingerprint density at radius 1 is 0.857 bits per heavy atom. The molecule has 0 heterocycles. The monoisotopic (exact) mass is 183 g/mol. The number of hydrogen-bond acceptors (Lipinski definition) is 0. The number of hydrogen-bond donors (Lipinski definition) is 0. The van der Waals surface area contributed by atoms with Gasteiger partial charge in [0.2, 0.25) is 0 Å². The molecule has 2 rings (SSSR count). The van der Waals surface area contributed by atoms with Crippen molar-refractivity contribution in [3.05, 3.63) is 54.1 Å². The van der Waals surface area contributed by atoms with E-state index in [0.717, 1.165) is 11.1 Å². The van der Waals surface area contributed by atoms with Crippen LogP contribution in [0.3, 0.4) is 0 Å². The molecule has 0 aliphatic rings. The third-order valence-corrected chi connectivity index (χ3v) is 2.25. The van der Waals surface area contributed by atoms with Gasteiger partial charge in [0.1, 0.15) is 0 Å². The van der Waals surface area contributed by atoms with Crippen molar-refractivity contribution in [1.29, 1.82) is 0 Å². The highest BCUT2D eigenvalue weighted by Gasteiger charge is 2.03. The third kappa shape index (κ3) is 1.62. The van der Waals surface area contributed by atoms with Gasteiger partial charge in [-0.2, -0.15) is 0 Å². The van der Waals surface area contributed by atoms with Crippen LogP contribution in [0.15, 0.2) is 48.5 Å². The van der Waals surface area contributed by atoms with Crippen LogP contribution in [0.1, 0.15) is 5.56 Å². The molecular weight excluding hydrogens is 172 g/mol. The Balaban J connectivity index is 2.50. The van der Waals surface area contributed by atoms with Crippen LogP contribution in [-0.4, -0.2) is 0 Å². The highest BCUT2D eigenvalue weighted by atomic mass is 16.3. The molecule has 0 aromatic heterocycles. The summed E-state index contributed by atoms with van der Waals surface area (Å²) in [6.07, 6.45) is 0. The van der Waals surface area contributed by atoms with Gasteiger partial charge in [-0.1, -0.05) is 48.0 Å². The Morgan fingerprint density at radius 2 is 1.50 bits per heavy atom. The predicted octanol–water partition coefficient (Wildman–Crippen LogP) is 3.81. The summed E-state index contributed by atoms with van der Waals surface area (Å²) in [7, 11) is 0. The number of para-hydroxylation sites is 1. The Bertz CT molecular complexity index is 429. The fourth-order valence-corrected chi connectivity index (χ4v) is 1.44. The summed E-state index contributed by atoms with van der Waals surface area (Å²) in [5, 5.41) is 11.5. The molecule has 0 amide bonds. The average Bonchev–Trinajstić information content (AvgIpc) is 2.20. The van der Waals surface area contributed by atoms with Gasteiger partial charge in [-0.05, 0) is 18.6 Å². The lowest BCUT2D eigenvalue weighted by Gasteiger charge is -2.02. The van der Waals surface area contributed by atoms with Crippen LogP contribution >= 0.6 is 0 Å². The fourth-order valence-electron chi connectivity index (χ4n) is 1.44. The lowest BCUT2D eigenvalue weighted by Crippen LogP contribution is -1.78. The summed E-state index contributed by atoms with van der Waals surface area (Å²) in [4.78, 5) is 0. The van der Waals surface area contributed by atoms with Gasteiger partial charge in [-0.15, -0.1) is 0 Å². The van der Waals surface area contributed by atoms with Crippen LogP contribution in [0, 0.1) is 6.92 Å². The fraction of sp³-hybridized carbons (Fsp3) is 0.0769. The zero-order valence-corrected chi connectivity index (χ0v) is 8.03. The smallest absolute Gasteiger partial charge is 0.186 e. The maximum atomic E-state index is 11.5. The van der Waals surface area contributed by atoms with Gasteiger partial charge in [-0.25, -0.2) is 0 Å². The molecule has 2 aromatic rings. The maximum absolute atomic E-state index is 11.5. The molecule has 69 valence electrons. The molecule has 1 nitrogen and oxygen atoms in total. The normalized spacial score (nSPS) is 10.1. The summed E-state index contributed by atoms with van der Waals surface area (Å²) < 4.78 is 0. The summed E-state index contributed by atoms with van der Waals surface area (Å²) in [5.74, 6) is 0.0800. The molecule has 0 unspecified atom stereocenters. The summed E-state index contributed by atoms with van der Waals surface area (Å²) in [6, 6.07) is 15.1. The molecule has 0 saturated heterocycles. The summed E-state index contributed by atoms with van der Waals surface area (Å²) in [6.45, 7) is 2.03. The van der Waals surface area contributed by atoms with Gasteiger partial charge in [0, 0.05) is 5.56 Å². The van der Waals surface area contributed by atoms with Gasteiger partial charge in [0.25, 0.3) is 0 Å². The van der Waals surface area contributed by atoms with E-state index in [0.29, 0.717) is 0 Å². The Hall–Kier alpha value is -1.76. The van der Waals surface area contributed by atoms with Crippen LogP contribution in [0.4, 0.5) is 0 Å². The van der Waals surface area contributed by atoms with Crippen LogP contribution in [0.2, 0.25) is 0 Å². The maximum Gasteiger partial charge on any atom is 0.186 e. The van der Waals surface area contributed by atoms with E-state index in [4.69, 9.17) is 0 Å². The van der Waals surface area contributed by atoms with Crippen molar-refractivity contribution in [2.24, 2.45) is 0 Å². The molecule has 0 bridgehead atoms. The zero-order valence-electron chi connectivity index (χ0n) is 8.03. The Kier molecular flexibility index (Phi) is 2.23. The van der Waals surface area contributed by atoms with Gasteiger partial charge in [0.15, 0.2) is 5.75 Å². The van der Waals surface area contributed by atoms with Crippen LogP contribution < -0.4 is 0 Å². The molecule has 14 heavy (non-hydrogen) atoms. The highest BCUT2D eigenvalue weighted by Crippen LogP contribution is 2.28. The minimum absolute atomic E-state index is 0.0800. The molecule has 0 aliphatic carbocycles. The van der Waals surface area contributed by atoms with Crippen molar-refractivity contribution in [1.82, 2.24) is 0 Å². The van der Waals surface area contributed by atoms with Gasteiger partial charge in [-0.3, -0.25) is 5.11 Å². The van der Waals surface area contributed by atoms with E-state index in [2.05, 4.69) is 0 Å². The van der Waals surface area contributed by atoms with Crippen molar-refractivity contribution in [3.63, 3.8) is 0 Å². The quantitative estimate of drug-likeness (QED) is 0.640. The van der Waals surface area contributed by atoms with E-state index < -0.39 is 0 Å². The van der Waals surface area contributed by atoms with E-state index in [-0.39, 0.29) is 5.75 Å². The highest BCUT2D eigenvalue weighted by molar-refractivity contribution is 5.69. The molecule has 0 saturated carbocycles.